The number of carbonyl (C=O) groups excluding carboxylic acids is 1. The van der Waals surface area contributed by atoms with Crippen LogP contribution in [-0.4, -0.2) is 65.9 Å². The third kappa shape index (κ3) is 5.36. The minimum atomic E-state index is 0.195. The van der Waals surface area contributed by atoms with Crippen LogP contribution in [0.1, 0.15) is 16.3 Å². The molecular formula is C19H26N4OS. The molecule has 1 aliphatic rings. The molecule has 1 saturated heterocycles. The first kappa shape index (κ1) is 18.0. The SMILES string of the molecule is CN(C)Cc1nc(CC(=O)N2CCN(Cc3ccccc3)CC2)cs1. The second-order valence-electron chi connectivity index (χ2n) is 6.79. The molecule has 0 aliphatic carbocycles. The maximum Gasteiger partial charge on any atom is 0.228 e. The number of piperazine rings is 1. The van der Waals surface area contributed by atoms with E-state index >= 15 is 0 Å². The number of hydrogen-bond donors (Lipinski definition) is 0. The summed E-state index contributed by atoms with van der Waals surface area (Å²) in [7, 11) is 4.06. The summed E-state index contributed by atoms with van der Waals surface area (Å²) in [5.41, 5.74) is 2.23. The molecule has 0 unspecified atom stereocenters. The Hall–Kier alpha value is -1.76. The average Bonchev–Trinajstić information content (AvgIpc) is 3.02. The van der Waals surface area contributed by atoms with Crippen molar-refractivity contribution in [1.29, 1.82) is 0 Å². The van der Waals surface area contributed by atoms with E-state index in [0.717, 1.165) is 50.0 Å². The number of benzene rings is 1. The van der Waals surface area contributed by atoms with Gasteiger partial charge in [0.15, 0.2) is 0 Å². The van der Waals surface area contributed by atoms with Crippen LogP contribution >= 0.6 is 11.3 Å². The maximum absolute atomic E-state index is 12.5. The number of thiazole rings is 1. The van der Waals surface area contributed by atoms with Crippen molar-refractivity contribution in [3.63, 3.8) is 0 Å². The Labute approximate surface area is 153 Å². The molecule has 134 valence electrons. The van der Waals surface area contributed by atoms with Gasteiger partial charge >= 0.3 is 0 Å². The highest BCUT2D eigenvalue weighted by molar-refractivity contribution is 7.09. The van der Waals surface area contributed by atoms with Gasteiger partial charge in [-0.3, -0.25) is 9.69 Å². The van der Waals surface area contributed by atoms with Gasteiger partial charge in [-0.15, -0.1) is 11.3 Å². The fourth-order valence-corrected chi connectivity index (χ4v) is 3.95. The Morgan fingerprint density at radius 1 is 1.16 bits per heavy atom. The van der Waals surface area contributed by atoms with Gasteiger partial charge in [-0.05, 0) is 19.7 Å². The lowest BCUT2D eigenvalue weighted by Gasteiger charge is -2.34. The third-order valence-electron chi connectivity index (χ3n) is 4.36. The Bertz CT molecular complexity index is 678. The van der Waals surface area contributed by atoms with E-state index in [1.54, 1.807) is 11.3 Å². The minimum Gasteiger partial charge on any atom is -0.340 e. The van der Waals surface area contributed by atoms with Crippen molar-refractivity contribution in [2.24, 2.45) is 0 Å². The Kier molecular flexibility index (Phi) is 6.18. The molecule has 1 fully saturated rings. The van der Waals surface area contributed by atoms with E-state index in [4.69, 9.17) is 0 Å². The highest BCUT2D eigenvalue weighted by Gasteiger charge is 2.21. The van der Waals surface area contributed by atoms with Crippen molar-refractivity contribution < 1.29 is 4.79 Å². The first-order chi connectivity index (χ1) is 12.1. The van der Waals surface area contributed by atoms with E-state index in [0.29, 0.717) is 6.42 Å². The van der Waals surface area contributed by atoms with Crippen molar-refractivity contribution >= 4 is 17.2 Å². The summed E-state index contributed by atoms with van der Waals surface area (Å²) in [5, 5.41) is 3.09. The smallest absolute Gasteiger partial charge is 0.228 e. The van der Waals surface area contributed by atoms with Gasteiger partial charge in [0.2, 0.25) is 5.91 Å². The van der Waals surface area contributed by atoms with Gasteiger partial charge in [0.25, 0.3) is 0 Å². The molecule has 1 aliphatic heterocycles. The second-order valence-corrected chi connectivity index (χ2v) is 7.73. The van der Waals surface area contributed by atoms with Crippen molar-refractivity contribution in [1.82, 2.24) is 19.7 Å². The van der Waals surface area contributed by atoms with Crippen LogP contribution in [0.2, 0.25) is 0 Å². The van der Waals surface area contributed by atoms with Crippen molar-refractivity contribution in [3.05, 3.63) is 52.0 Å². The van der Waals surface area contributed by atoms with Crippen LogP contribution in [0.15, 0.2) is 35.7 Å². The van der Waals surface area contributed by atoms with E-state index < -0.39 is 0 Å². The molecule has 2 heterocycles. The van der Waals surface area contributed by atoms with Crippen LogP contribution in [0.25, 0.3) is 0 Å². The molecule has 6 heteroatoms. The largest absolute Gasteiger partial charge is 0.340 e. The van der Waals surface area contributed by atoms with E-state index in [9.17, 15) is 4.79 Å². The summed E-state index contributed by atoms with van der Waals surface area (Å²) >= 11 is 1.64. The fraction of sp³-hybridized carbons (Fsp3) is 0.474. The van der Waals surface area contributed by atoms with Gasteiger partial charge in [-0.2, -0.15) is 0 Å². The van der Waals surface area contributed by atoms with E-state index in [2.05, 4.69) is 39.0 Å². The van der Waals surface area contributed by atoms with Gasteiger partial charge in [-0.1, -0.05) is 30.3 Å². The van der Waals surface area contributed by atoms with Gasteiger partial charge in [-0.25, -0.2) is 4.98 Å². The first-order valence-electron chi connectivity index (χ1n) is 8.72. The van der Waals surface area contributed by atoms with Crippen molar-refractivity contribution in [2.75, 3.05) is 40.3 Å². The Morgan fingerprint density at radius 3 is 2.56 bits per heavy atom. The monoisotopic (exact) mass is 358 g/mol. The summed E-state index contributed by atoms with van der Waals surface area (Å²) in [6.07, 6.45) is 0.419. The van der Waals surface area contributed by atoms with Crippen LogP contribution in [0.3, 0.4) is 0 Å². The quantitative estimate of drug-likeness (QED) is 0.793. The Balaban J connectivity index is 1.46. The number of amides is 1. The standard InChI is InChI=1S/C19H26N4OS/c1-21(2)14-18-20-17(15-25-18)12-19(24)23-10-8-22(9-11-23)13-16-6-4-3-5-7-16/h3-7,15H,8-14H2,1-2H3. The Morgan fingerprint density at radius 2 is 1.88 bits per heavy atom. The lowest BCUT2D eigenvalue weighted by molar-refractivity contribution is -0.132. The zero-order chi connectivity index (χ0) is 17.6. The van der Waals surface area contributed by atoms with E-state index in [1.165, 1.54) is 5.56 Å². The predicted molar refractivity (Wildman–Crippen MR) is 102 cm³/mol. The van der Waals surface area contributed by atoms with Gasteiger partial charge < -0.3 is 9.80 Å². The van der Waals surface area contributed by atoms with E-state index in [-0.39, 0.29) is 5.91 Å². The molecule has 1 amide bonds. The zero-order valence-corrected chi connectivity index (χ0v) is 15.8. The highest BCUT2D eigenvalue weighted by Crippen LogP contribution is 2.14. The predicted octanol–water partition coefficient (Wildman–Crippen LogP) is 2.09. The highest BCUT2D eigenvalue weighted by atomic mass is 32.1. The number of hydrogen-bond acceptors (Lipinski definition) is 5. The van der Waals surface area contributed by atoms with Gasteiger partial charge in [0.1, 0.15) is 5.01 Å². The summed E-state index contributed by atoms with van der Waals surface area (Å²) < 4.78 is 0. The molecule has 0 atom stereocenters. The van der Waals surface area contributed by atoms with Gasteiger partial charge in [0, 0.05) is 44.6 Å². The summed E-state index contributed by atoms with van der Waals surface area (Å²) in [6.45, 7) is 5.27. The lowest BCUT2D eigenvalue weighted by Crippen LogP contribution is -2.48. The zero-order valence-electron chi connectivity index (χ0n) is 15.0. The minimum absolute atomic E-state index is 0.195. The topological polar surface area (TPSA) is 39.7 Å². The molecule has 0 N–H and O–H groups in total. The third-order valence-corrected chi connectivity index (χ3v) is 5.24. The van der Waals surface area contributed by atoms with E-state index in [1.807, 2.05) is 30.4 Å². The second kappa shape index (κ2) is 8.56. The summed E-state index contributed by atoms with van der Waals surface area (Å²) in [4.78, 5) is 23.6. The number of carbonyl (C=O) groups is 1. The van der Waals surface area contributed by atoms with Crippen molar-refractivity contribution in [3.8, 4) is 0 Å². The van der Waals surface area contributed by atoms with Crippen LogP contribution in [0.4, 0.5) is 0 Å². The fourth-order valence-electron chi connectivity index (χ4n) is 3.04. The molecule has 0 bridgehead atoms. The molecule has 1 aromatic heterocycles. The molecule has 0 saturated carbocycles. The molecule has 1 aromatic carbocycles. The molecule has 25 heavy (non-hydrogen) atoms. The number of aromatic nitrogens is 1. The maximum atomic E-state index is 12.5. The van der Waals surface area contributed by atoms with Crippen LogP contribution in [-0.2, 0) is 24.3 Å². The normalized spacial score (nSPS) is 15.7. The summed E-state index contributed by atoms with van der Waals surface area (Å²) in [6, 6.07) is 10.5. The molecular weight excluding hydrogens is 332 g/mol. The molecule has 3 rings (SSSR count). The van der Waals surface area contributed by atoms with Crippen LogP contribution in [0.5, 0.6) is 0 Å². The summed E-state index contributed by atoms with van der Waals surface area (Å²) in [5.74, 6) is 0.195. The number of rotatable bonds is 6. The van der Waals surface area contributed by atoms with Gasteiger partial charge in [0.05, 0.1) is 12.1 Å². The number of nitrogens with zero attached hydrogens (tertiary/aromatic N) is 4. The average molecular weight is 359 g/mol. The van der Waals surface area contributed by atoms with Crippen LogP contribution in [0, 0.1) is 0 Å². The van der Waals surface area contributed by atoms with Crippen LogP contribution < -0.4 is 0 Å². The molecule has 5 nitrogen and oxygen atoms in total. The molecule has 0 spiro atoms. The van der Waals surface area contributed by atoms with Crippen molar-refractivity contribution in [2.45, 2.75) is 19.5 Å². The molecule has 0 radical (unpaired) electrons. The molecule has 2 aromatic rings. The lowest BCUT2D eigenvalue weighted by atomic mass is 10.2. The first-order valence-corrected chi connectivity index (χ1v) is 9.60.